The van der Waals surface area contributed by atoms with Crippen LogP contribution in [0.2, 0.25) is 0 Å². The van der Waals surface area contributed by atoms with E-state index in [0.29, 0.717) is 0 Å². The number of nitrogens with zero attached hydrogens (tertiary/aromatic N) is 1. The van der Waals surface area contributed by atoms with Crippen molar-refractivity contribution in [1.82, 2.24) is 9.71 Å². The topological polar surface area (TPSA) is 24.9 Å². The molecule has 1 heterocycles. The largest absolute Gasteiger partial charge is 0.258 e. The summed E-state index contributed by atoms with van der Waals surface area (Å²) in [6.07, 6.45) is 4.83. The van der Waals surface area contributed by atoms with Gasteiger partial charge in [-0.05, 0) is 48.8 Å². The minimum absolute atomic E-state index is 0.749. The number of unbranched alkanes of at least 4 members (excludes halogenated alkanes) is 1. The van der Waals surface area contributed by atoms with E-state index >= 15 is 0 Å². The van der Waals surface area contributed by atoms with Gasteiger partial charge in [-0.15, -0.1) is 11.3 Å². The van der Waals surface area contributed by atoms with E-state index in [1.165, 1.54) is 35.0 Å². The minimum atomic E-state index is 0.749. The molecule has 4 heteroatoms. The van der Waals surface area contributed by atoms with Gasteiger partial charge in [-0.25, -0.2) is 4.98 Å². The van der Waals surface area contributed by atoms with Gasteiger partial charge in [0.05, 0.1) is 10.2 Å². The number of thiazole rings is 1. The fourth-order valence-electron chi connectivity index (χ4n) is 2.06. The molecule has 1 aromatic carbocycles. The highest BCUT2D eigenvalue weighted by atomic mass is 32.2. The van der Waals surface area contributed by atoms with Gasteiger partial charge < -0.3 is 0 Å². The van der Waals surface area contributed by atoms with E-state index in [4.69, 9.17) is 4.98 Å². The number of aryl methyl sites for hydroxylation is 1. The summed E-state index contributed by atoms with van der Waals surface area (Å²) in [4.78, 5) is 4.80. The van der Waals surface area contributed by atoms with E-state index in [1.54, 1.807) is 23.3 Å². The Morgan fingerprint density at radius 1 is 1.35 bits per heavy atom. The van der Waals surface area contributed by atoms with Crippen LogP contribution < -0.4 is 4.72 Å². The first kappa shape index (κ1) is 15.8. The average molecular weight is 309 g/mol. The summed E-state index contributed by atoms with van der Waals surface area (Å²) in [6, 6.07) is 6.56. The van der Waals surface area contributed by atoms with Crippen LogP contribution in [0.1, 0.15) is 45.6 Å². The molecule has 2 rings (SSSR count). The molecule has 110 valence electrons. The van der Waals surface area contributed by atoms with Crippen LogP contribution in [-0.4, -0.2) is 11.5 Å². The number of para-hydroxylation sites is 1. The van der Waals surface area contributed by atoms with Gasteiger partial charge in [-0.3, -0.25) is 4.72 Å². The Morgan fingerprint density at radius 2 is 2.20 bits per heavy atom. The number of aromatic nitrogens is 1. The van der Waals surface area contributed by atoms with Gasteiger partial charge in [0.25, 0.3) is 0 Å². The molecular formula is C16H24N2S2. The second-order valence-corrected chi connectivity index (χ2v) is 7.69. The van der Waals surface area contributed by atoms with E-state index in [0.717, 1.165) is 23.2 Å². The van der Waals surface area contributed by atoms with Gasteiger partial charge in [0.15, 0.2) is 4.34 Å². The van der Waals surface area contributed by atoms with Gasteiger partial charge >= 0.3 is 0 Å². The first-order valence-electron chi connectivity index (χ1n) is 7.48. The summed E-state index contributed by atoms with van der Waals surface area (Å²) in [6.45, 7) is 7.79. The van der Waals surface area contributed by atoms with Gasteiger partial charge in [-0.1, -0.05) is 39.3 Å². The molecule has 0 unspecified atom stereocenters. The summed E-state index contributed by atoms with van der Waals surface area (Å²) in [7, 11) is 0. The van der Waals surface area contributed by atoms with Gasteiger partial charge in [0, 0.05) is 6.54 Å². The van der Waals surface area contributed by atoms with Crippen molar-refractivity contribution in [2.75, 3.05) is 6.54 Å². The van der Waals surface area contributed by atoms with Crippen molar-refractivity contribution in [2.45, 2.75) is 50.8 Å². The summed E-state index contributed by atoms with van der Waals surface area (Å²) in [5, 5.41) is 0. The Kier molecular flexibility index (Phi) is 6.33. The van der Waals surface area contributed by atoms with E-state index < -0.39 is 0 Å². The van der Waals surface area contributed by atoms with E-state index in [-0.39, 0.29) is 0 Å². The molecule has 2 aromatic rings. The minimum Gasteiger partial charge on any atom is -0.258 e. The zero-order valence-corrected chi connectivity index (χ0v) is 14.2. The van der Waals surface area contributed by atoms with Crippen molar-refractivity contribution in [3.8, 4) is 0 Å². The maximum atomic E-state index is 4.80. The summed E-state index contributed by atoms with van der Waals surface area (Å²) in [5.74, 6) is 0.749. The molecule has 0 bridgehead atoms. The lowest BCUT2D eigenvalue weighted by Crippen LogP contribution is -2.07. The maximum Gasteiger partial charge on any atom is 0.166 e. The SMILES string of the molecule is CCCCc1cccc2sc(SNCCC(C)C)nc12. The van der Waals surface area contributed by atoms with E-state index in [2.05, 4.69) is 43.7 Å². The average Bonchev–Trinajstić information content (AvgIpc) is 2.84. The lowest BCUT2D eigenvalue weighted by Gasteiger charge is -2.03. The van der Waals surface area contributed by atoms with E-state index in [9.17, 15) is 0 Å². The Hall–Kier alpha value is -0.580. The molecule has 1 N–H and O–H groups in total. The third-order valence-corrected chi connectivity index (χ3v) is 5.20. The fourth-order valence-corrected chi connectivity index (χ4v) is 3.90. The summed E-state index contributed by atoms with van der Waals surface area (Å²) < 4.78 is 5.87. The van der Waals surface area contributed by atoms with Crippen molar-refractivity contribution in [1.29, 1.82) is 0 Å². The highest BCUT2D eigenvalue weighted by Crippen LogP contribution is 2.30. The Labute approximate surface area is 130 Å². The molecule has 1 aromatic heterocycles. The molecule has 0 radical (unpaired) electrons. The first-order valence-corrected chi connectivity index (χ1v) is 9.12. The molecule has 0 amide bonds. The second kappa shape index (κ2) is 8.01. The van der Waals surface area contributed by atoms with Crippen LogP contribution in [0.15, 0.2) is 22.5 Å². The smallest absolute Gasteiger partial charge is 0.166 e. The standard InChI is InChI=1S/C16H24N2S2/c1-4-5-7-13-8-6-9-14-15(13)18-16(19-14)20-17-11-10-12(2)3/h6,8-9,12,17H,4-5,7,10-11H2,1-3H3. The Bertz CT molecular complexity index is 534. The molecule has 0 fully saturated rings. The summed E-state index contributed by atoms with van der Waals surface area (Å²) in [5.41, 5.74) is 2.61. The van der Waals surface area contributed by atoms with Gasteiger partial charge in [0.1, 0.15) is 0 Å². The highest BCUT2D eigenvalue weighted by Gasteiger charge is 2.08. The lowest BCUT2D eigenvalue weighted by molar-refractivity contribution is 0.585. The molecule has 0 saturated heterocycles. The van der Waals surface area contributed by atoms with Crippen molar-refractivity contribution in [3.05, 3.63) is 23.8 Å². The molecule has 0 aliphatic heterocycles. The number of rotatable bonds is 8. The third-order valence-electron chi connectivity index (χ3n) is 3.27. The number of benzene rings is 1. The molecule has 0 aliphatic carbocycles. The van der Waals surface area contributed by atoms with Crippen LogP contribution in [0, 0.1) is 5.92 Å². The van der Waals surface area contributed by atoms with Crippen molar-refractivity contribution < 1.29 is 0 Å². The molecule has 2 nitrogen and oxygen atoms in total. The molecule has 0 aliphatic rings. The van der Waals surface area contributed by atoms with Crippen LogP contribution in [0.25, 0.3) is 10.2 Å². The lowest BCUT2D eigenvalue weighted by atomic mass is 10.1. The summed E-state index contributed by atoms with van der Waals surface area (Å²) >= 11 is 3.47. The van der Waals surface area contributed by atoms with E-state index in [1.807, 2.05) is 0 Å². The maximum absolute atomic E-state index is 4.80. The van der Waals surface area contributed by atoms with Crippen LogP contribution in [0.4, 0.5) is 0 Å². The zero-order valence-electron chi connectivity index (χ0n) is 12.6. The van der Waals surface area contributed by atoms with Crippen LogP contribution >= 0.6 is 23.3 Å². The molecule has 0 spiro atoms. The Morgan fingerprint density at radius 3 is 2.95 bits per heavy atom. The van der Waals surface area contributed by atoms with Crippen molar-refractivity contribution in [3.63, 3.8) is 0 Å². The number of hydrogen-bond acceptors (Lipinski definition) is 4. The highest BCUT2D eigenvalue weighted by molar-refractivity contribution is 7.99. The normalized spacial score (nSPS) is 11.6. The van der Waals surface area contributed by atoms with Crippen LogP contribution in [0.5, 0.6) is 0 Å². The molecule has 0 saturated carbocycles. The number of nitrogens with one attached hydrogen (secondary N) is 1. The van der Waals surface area contributed by atoms with Crippen molar-refractivity contribution >= 4 is 33.5 Å². The molecular weight excluding hydrogens is 284 g/mol. The zero-order chi connectivity index (χ0) is 14.4. The van der Waals surface area contributed by atoms with Gasteiger partial charge in [0.2, 0.25) is 0 Å². The predicted molar refractivity (Wildman–Crippen MR) is 91.5 cm³/mol. The monoisotopic (exact) mass is 308 g/mol. The second-order valence-electron chi connectivity index (χ2n) is 5.53. The van der Waals surface area contributed by atoms with Crippen LogP contribution in [0.3, 0.4) is 0 Å². The molecule has 0 atom stereocenters. The quantitative estimate of drug-likeness (QED) is 0.530. The number of fused-ring (bicyclic) bond motifs is 1. The first-order chi connectivity index (χ1) is 9.70. The van der Waals surface area contributed by atoms with Crippen molar-refractivity contribution in [2.24, 2.45) is 5.92 Å². The fraction of sp³-hybridized carbons (Fsp3) is 0.562. The molecule has 20 heavy (non-hydrogen) atoms. The van der Waals surface area contributed by atoms with Gasteiger partial charge in [-0.2, -0.15) is 0 Å². The third kappa shape index (κ3) is 4.47. The van der Waals surface area contributed by atoms with Crippen LogP contribution in [-0.2, 0) is 6.42 Å². The number of hydrogen-bond donors (Lipinski definition) is 1. The Balaban J connectivity index is 2.01. The predicted octanol–water partition coefficient (Wildman–Crippen LogP) is 5.28.